The lowest BCUT2D eigenvalue weighted by Gasteiger charge is -2.20. The Morgan fingerprint density at radius 3 is 2.33 bits per heavy atom. The van der Waals surface area contributed by atoms with E-state index in [9.17, 15) is 10.2 Å². The molecule has 0 amide bonds. The summed E-state index contributed by atoms with van der Waals surface area (Å²) in [6, 6.07) is 19.8. The molecule has 0 saturated heterocycles. The van der Waals surface area contributed by atoms with Crippen LogP contribution in [0.1, 0.15) is 73.5 Å². The van der Waals surface area contributed by atoms with Crippen LogP contribution in [-0.2, 0) is 0 Å². The van der Waals surface area contributed by atoms with Crippen LogP contribution in [-0.4, -0.2) is 75.2 Å². The number of aromatic nitrogens is 8. The summed E-state index contributed by atoms with van der Waals surface area (Å²) in [5, 5.41) is 41.6. The number of nitrogens with one attached hydrogen (secondary N) is 2. The van der Waals surface area contributed by atoms with Gasteiger partial charge in [0.1, 0.15) is 18.2 Å². The Balaban J connectivity index is 1.21. The zero-order valence-corrected chi connectivity index (χ0v) is 25.9. The fourth-order valence-electron chi connectivity index (χ4n) is 6.76. The molecule has 2 aromatic carbocycles. The molecule has 1 saturated carbocycles. The molecule has 7 rings (SSSR count). The second kappa shape index (κ2) is 13.4. The van der Waals surface area contributed by atoms with Gasteiger partial charge in [-0.05, 0) is 61.8 Å². The maximum atomic E-state index is 11.2. The molecule has 2 aliphatic carbocycles. The number of benzene rings is 2. The Labute approximate surface area is 267 Å². The summed E-state index contributed by atoms with van der Waals surface area (Å²) in [7, 11) is 0. The zero-order valence-electron chi connectivity index (χ0n) is 25.9. The number of aliphatic hydroxyl groups is 2. The second-order valence-electron chi connectivity index (χ2n) is 12.3. The minimum Gasteiger partial charge on any atom is -0.388 e. The van der Waals surface area contributed by atoms with Gasteiger partial charge in [-0.25, -0.2) is 4.98 Å². The van der Waals surface area contributed by atoms with Gasteiger partial charge in [-0.15, -0.1) is 10.2 Å². The number of rotatable bonds is 11. The molecule has 46 heavy (non-hydrogen) atoms. The van der Waals surface area contributed by atoms with E-state index in [1.807, 2.05) is 16.7 Å². The van der Waals surface area contributed by atoms with Crippen LogP contribution in [0.25, 0.3) is 11.2 Å². The zero-order chi connectivity index (χ0) is 31.5. The van der Waals surface area contributed by atoms with E-state index in [-0.39, 0.29) is 5.92 Å². The molecule has 2 aliphatic rings. The lowest BCUT2D eigenvalue weighted by atomic mass is 9.91. The number of aliphatic hydroxyl groups excluding tert-OH is 2. The fourth-order valence-corrected chi connectivity index (χ4v) is 6.76. The SMILES string of the molecule is Cc1nnn([C@H]2C[C@@H](n3cnc4c(NCC(c5ccccc5)c5ccccc5)nc(NCCC5=CCCCC5)nc43)[C@H](O)[C@@H]2O)n1. The van der Waals surface area contributed by atoms with E-state index >= 15 is 0 Å². The highest BCUT2D eigenvalue weighted by atomic mass is 16.3. The van der Waals surface area contributed by atoms with Crippen LogP contribution in [0.4, 0.5) is 11.8 Å². The molecule has 0 spiro atoms. The number of anilines is 2. The molecular formula is C34H40N10O2. The first kappa shape index (κ1) is 30.0. The van der Waals surface area contributed by atoms with Crippen LogP contribution in [0.15, 0.2) is 78.6 Å². The largest absolute Gasteiger partial charge is 0.388 e. The smallest absolute Gasteiger partial charge is 0.226 e. The van der Waals surface area contributed by atoms with Crippen molar-refractivity contribution in [1.82, 2.24) is 39.7 Å². The third-order valence-corrected chi connectivity index (χ3v) is 9.22. The number of fused-ring (bicyclic) bond motifs is 1. The van der Waals surface area contributed by atoms with Gasteiger partial charge in [0.2, 0.25) is 5.95 Å². The first-order chi connectivity index (χ1) is 22.5. The third-order valence-electron chi connectivity index (χ3n) is 9.22. The highest BCUT2D eigenvalue weighted by Crippen LogP contribution is 2.39. The number of allylic oxidation sites excluding steroid dienone is 1. The van der Waals surface area contributed by atoms with Crippen LogP contribution >= 0.6 is 0 Å². The molecule has 12 heteroatoms. The number of hydrogen-bond acceptors (Lipinski definition) is 10. The molecule has 4 atom stereocenters. The van der Waals surface area contributed by atoms with Crippen molar-refractivity contribution in [2.24, 2.45) is 0 Å². The molecule has 0 bridgehead atoms. The molecule has 1 fully saturated rings. The van der Waals surface area contributed by atoms with E-state index in [4.69, 9.17) is 15.0 Å². The number of tetrazole rings is 1. The van der Waals surface area contributed by atoms with Gasteiger partial charge in [-0.1, -0.05) is 72.3 Å². The predicted molar refractivity (Wildman–Crippen MR) is 175 cm³/mol. The van der Waals surface area contributed by atoms with Gasteiger partial charge < -0.3 is 25.4 Å². The van der Waals surface area contributed by atoms with Gasteiger partial charge in [0, 0.05) is 19.0 Å². The van der Waals surface area contributed by atoms with E-state index in [0.717, 1.165) is 19.3 Å². The summed E-state index contributed by atoms with van der Waals surface area (Å²) in [5.74, 6) is 1.68. The molecular weight excluding hydrogens is 580 g/mol. The van der Waals surface area contributed by atoms with Crippen molar-refractivity contribution < 1.29 is 10.2 Å². The average molecular weight is 621 g/mol. The molecule has 3 aromatic heterocycles. The van der Waals surface area contributed by atoms with E-state index in [0.29, 0.717) is 48.3 Å². The summed E-state index contributed by atoms with van der Waals surface area (Å²) >= 11 is 0. The van der Waals surface area contributed by atoms with Gasteiger partial charge >= 0.3 is 0 Å². The Hall–Kier alpha value is -4.68. The molecule has 0 unspecified atom stereocenters. The Morgan fingerprint density at radius 2 is 1.65 bits per heavy atom. The van der Waals surface area contributed by atoms with E-state index < -0.39 is 24.3 Å². The predicted octanol–water partition coefficient (Wildman–Crippen LogP) is 4.58. The lowest BCUT2D eigenvalue weighted by Crippen LogP contribution is -2.31. The van der Waals surface area contributed by atoms with Crippen molar-refractivity contribution in [3.63, 3.8) is 0 Å². The lowest BCUT2D eigenvalue weighted by molar-refractivity contribution is 0.00474. The van der Waals surface area contributed by atoms with Gasteiger partial charge in [-0.3, -0.25) is 0 Å². The summed E-state index contributed by atoms with van der Waals surface area (Å²) in [6.45, 7) is 3.04. The molecule has 0 aliphatic heterocycles. The van der Waals surface area contributed by atoms with Crippen molar-refractivity contribution in [2.75, 3.05) is 23.7 Å². The van der Waals surface area contributed by atoms with Gasteiger partial charge in [0.25, 0.3) is 0 Å². The first-order valence-corrected chi connectivity index (χ1v) is 16.2. The van der Waals surface area contributed by atoms with Gasteiger partial charge in [-0.2, -0.15) is 14.8 Å². The van der Waals surface area contributed by atoms with Crippen LogP contribution < -0.4 is 10.6 Å². The number of imidazole rings is 1. The summed E-state index contributed by atoms with van der Waals surface area (Å²) < 4.78 is 1.85. The van der Waals surface area contributed by atoms with Crippen molar-refractivity contribution >= 4 is 22.9 Å². The number of aryl methyl sites for hydroxylation is 1. The van der Waals surface area contributed by atoms with E-state index in [1.54, 1.807) is 13.3 Å². The highest BCUT2D eigenvalue weighted by Gasteiger charge is 2.45. The minimum atomic E-state index is -1.07. The minimum absolute atomic E-state index is 0.0790. The van der Waals surface area contributed by atoms with Gasteiger partial charge in [0.05, 0.1) is 12.4 Å². The topological polar surface area (TPSA) is 152 Å². The fraction of sp³-hybridized carbons (Fsp3) is 0.412. The van der Waals surface area contributed by atoms with Crippen molar-refractivity contribution in [3.05, 3.63) is 95.6 Å². The Bertz CT molecular complexity index is 1750. The van der Waals surface area contributed by atoms with E-state index in [1.165, 1.54) is 34.3 Å². The molecule has 0 radical (unpaired) electrons. The normalized spacial score (nSPS) is 21.5. The molecule has 3 heterocycles. The highest BCUT2D eigenvalue weighted by molar-refractivity contribution is 5.84. The van der Waals surface area contributed by atoms with Crippen molar-refractivity contribution in [3.8, 4) is 0 Å². The van der Waals surface area contributed by atoms with Crippen molar-refractivity contribution in [1.29, 1.82) is 0 Å². The van der Waals surface area contributed by atoms with Crippen LogP contribution in [0.3, 0.4) is 0 Å². The summed E-state index contributed by atoms with van der Waals surface area (Å²) in [6.07, 6.45) is 8.01. The van der Waals surface area contributed by atoms with E-state index in [2.05, 4.69) is 80.7 Å². The maximum Gasteiger partial charge on any atom is 0.226 e. The first-order valence-electron chi connectivity index (χ1n) is 16.2. The number of nitrogens with zero attached hydrogens (tertiary/aromatic N) is 8. The van der Waals surface area contributed by atoms with Crippen LogP contribution in [0.2, 0.25) is 0 Å². The maximum absolute atomic E-state index is 11.2. The molecule has 12 nitrogen and oxygen atoms in total. The number of hydrogen-bond donors (Lipinski definition) is 4. The Kier molecular flexibility index (Phi) is 8.71. The standard InChI is InChI=1S/C34H40N10O2/c1-22-40-42-44(41-22)28-19-27(30(45)31(28)46)43-21-37-29-32(38-34(39-33(29)43)35-18-17-23-11-5-2-6-12-23)36-20-26(24-13-7-3-8-14-24)25-15-9-4-10-16-25/h3-4,7-11,13-16,21,26-28,30-31,45-46H,2,5-6,12,17-20H2,1H3,(H2,35,36,38,39)/t27-,28+,30+,31-/m1/s1. The Morgan fingerprint density at radius 1 is 0.913 bits per heavy atom. The van der Waals surface area contributed by atoms with Crippen LogP contribution in [0, 0.1) is 6.92 Å². The molecule has 4 N–H and O–H groups in total. The molecule has 5 aromatic rings. The van der Waals surface area contributed by atoms with Crippen LogP contribution in [0.5, 0.6) is 0 Å². The molecule has 238 valence electrons. The summed E-state index contributed by atoms with van der Waals surface area (Å²) in [5.41, 5.74) is 5.04. The monoisotopic (exact) mass is 620 g/mol. The third kappa shape index (κ3) is 6.22. The quantitative estimate of drug-likeness (QED) is 0.155. The summed E-state index contributed by atoms with van der Waals surface area (Å²) in [4.78, 5) is 15.9. The van der Waals surface area contributed by atoms with Gasteiger partial charge in [0.15, 0.2) is 22.8 Å². The van der Waals surface area contributed by atoms with Crippen molar-refractivity contribution in [2.45, 2.75) is 75.7 Å². The average Bonchev–Trinajstić information content (AvgIpc) is 3.79. The second-order valence-corrected chi connectivity index (χ2v) is 12.3.